The van der Waals surface area contributed by atoms with Gasteiger partial charge in [-0.05, 0) is 43.4 Å². The number of ether oxygens (including phenoxy) is 1. The van der Waals surface area contributed by atoms with Crippen LogP contribution in [0.2, 0.25) is 0 Å². The second-order valence-electron chi connectivity index (χ2n) is 4.79. The number of carbonyl (C=O) groups excluding carboxylic acids is 1. The Labute approximate surface area is 107 Å². The number of benzene rings is 1. The summed E-state index contributed by atoms with van der Waals surface area (Å²) in [5.41, 5.74) is 1.28. The minimum Gasteiger partial charge on any atom is -0.507 e. The van der Waals surface area contributed by atoms with Crippen molar-refractivity contribution in [1.82, 2.24) is 5.32 Å². The predicted octanol–water partition coefficient (Wildman–Crippen LogP) is 1.86. The van der Waals surface area contributed by atoms with Gasteiger partial charge in [0.15, 0.2) is 0 Å². The maximum Gasteiger partial charge on any atom is 0.255 e. The molecule has 0 spiro atoms. The first-order valence-electron chi connectivity index (χ1n) is 6.32. The van der Waals surface area contributed by atoms with Crippen molar-refractivity contribution in [2.75, 3.05) is 19.8 Å². The molecule has 1 aliphatic rings. The van der Waals surface area contributed by atoms with Gasteiger partial charge in [0.2, 0.25) is 0 Å². The number of nitrogens with one attached hydrogen (secondary N) is 1. The van der Waals surface area contributed by atoms with E-state index in [1.54, 1.807) is 12.1 Å². The summed E-state index contributed by atoms with van der Waals surface area (Å²) in [6.45, 7) is 4.07. The number of hydrogen-bond donors (Lipinski definition) is 2. The summed E-state index contributed by atoms with van der Waals surface area (Å²) >= 11 is 0. The summed E-state index contributed by atoms with van der Waals surface area (Å²) in [4.78, 5) is 11.9. The average Bonchev–Trinajstić information content (AvgIpc) is 2.37. The van der Waals surface area contributed by atoms with Crippen LogP contribution in [0.4, 0.5) is 0 Å². The number of hydrogen-bond acceptors (Lipinski definition) is 3. The topological polar surface area (TPSA) is 58.6 Å². The first kappa shape index (κ1) is 12.9. The molecule has 1 aromatic rings. The van der Waals surface area contributed by atoms with Gasteiger partial charge in [0, 0.05) is 19.8 Å². The Bertz CT molecular complexity index is 425. The average molecular weight is 249 g/mol. The Morgan fingerprint density at radius 1 is 1.44 bits per heavy atom. The van der Waals surface area contributed by atoms with E-state index in [-0.39, 0.29) is 11.7 Å². The van der Waals surface area contributed by atoms with E-state index < -0.39 is 0 Å². The fourth-order valence-corrected chi connectivity index (χ4v) is 2.12. The molecule has 1 saturated heterocycles. The van der Waals surface area contributed by atoms with Crippen LogP contribution in [-0.2, 0) is 4.74 Å². The van der Waals surface area contributed by atoms with Gasteiger partial charge in [-0.25, -0.2) is 0 Å². The van der Waals surface area contributed by atoms with Crippen LogP contribution in [0, 0.1) is 12.8 Å². The van der Waals surface area contributed by atoms with Crippen molar-refractivity contribution in [2.45, 2.75) is 19.8 Å². The Morgan fingerprint density at radius 2 is 2.17 bits per heavy atom. The standard InChI is InChI=1S/C14H19NO3/c1-10-2-3-12(13(16)8-10)14(17)15-9-11-4-6-18-7-5-11/h2-3,8,11,16H,4-7,9H2,1H3,(H,15,17). The highest BCUT2D eigenvalue weighted by molar-refractivity contribution is 5.96. The van der Waals surface area contributed by atoms with Crippen molar-refractivity contribution in [3.8, 4) is 5.75 Å². The smallest absolute Gasteiger partial charge is 0.255 e. The van der Waals surface area contributed by atoms with Gasteiger partial charge in [0.25, 0.3) is 5.91 Å². The molecule has 1 aliphatic heterocycles. The monoisotopic (exact) mass is 249 g/mol. The third-order valence-corrected chi connectivity index (χ3v) is 3.29. The zero-order valence-corrected chi connectivity index (χ0v) is 10.6. The summed E-state index contributed by atoms with van der Waals surface area (Å²) in [6.07, 6.45) is 1.97. The van der Waals surface area contributed by atoms with Gasteiger partial charge in [-0.1, -0.05) is 6.07 Å². The third-order valence-electron chi connectivity index (χ3n) is 3.29. The van der Waals surface area contributed by atoms with Crippen LogP contribution in [0.25, 0.3) is 0 Å². The molecule has 2 rings (SSSR count). The molecule has 4 heteroatoms. The Balaban J connectivity index is 1.90. The molecule has 0 bridgehead atoms. The quantitative estimate of drug-likeness (QED) is 0.859. The number of phenols is 1. The second kappa shape index (κ2) is 5.87. The Kier molecular flexibility index (Phi) is 4.20. The first-order chi connectivity index (χ1) is 8.66. The predicted molar refractivity (Wildman–Crippen MR) is 68.7 cm³/mol. The molecule has 4 nitrogen and oxygen atoms in total. The molecule has 0 atom stereocenters. The lowest BCUT2D eigenvalue weighted by Crippen LogP contribution is -2.32. The van der Waals surface area contributed by atoms with Crippen LogP contribution in [0.15, 0.2) is 18.2 Å². The summed E-state index contributed by atoms with van der Waals surface area (Å²) < 4.78 is 5.27. The number of amides is 1. The summed E-state index contributed by atoms with van der Waals surface area (Å²) in [7, 11) is 0. The number of carbonyl (C=O) groups is 1. The molecule has 0 saturated carbocycles. The van der Waals surface area contributed by atoms with Crippen molar-refractivity contribution in [2.24, 2.45) is 5.92 Å². The summed E-state index contributed by atoms with van der Waals surface area (Å²) in [5.74, 6) is 0.314. The van der Waals surface area contributed by atoms with E-state index in [0.717, 1.165) is 31.6 Å². The van der Waals surface area contributed by atoms with Crippen LogP contribution in [0.1, 0.15) is 28.8 Å². The summed E-state index contributed by atoms with van der Waals surface area (Å²) in [5, 5.41) is 12.6. The highest BCUT2D eigenvalue weighted by Gasteiger charge is 2.16. The molecular formula is C14H19NO3. The van der Waals surface area contributed by atoms with E-state index in [1.807, 2.05) is 13.0 Å². The molecule has 0 aromatic heterocycles. The fourth-order valence-electron chi connectivity index (χ4n) is 2.12. The molecule has 0 unspecified atom stereocenters. The first-order valence-corrected chi connectivity index (χ1v) is 6.32. The lowest BCUT2D eigenvalue weighted by atomic mass is 10.0. The Morgan fingerprint density at radius 3 is 2.83 bits per heavy atom. The molecule has 1 aromatic carbocycles. The maximum absolute atomic E-state index is 11.9. The minimum absolute atomic E-state index is 0.0412. The van der Waals surface area contributed by atoms with Gasteiger partial charge in [-0.15, -0.1) is 0 Å². The SMILES string of the molecule is Cc1ccc(C(=O)NCC2CCOCC2)c(O)c1. The van der Waals surface area contributed by atoms with Crippen molar-refractivity contribution < 1.29 is 14.6 Å². The number of rotatable bonds is 3. The zero-order valence-electron chi connectivity index (χ0n) is 10.6. The molecule has 0 radical (unpaired) electrons. The lowest BCUT2D eigenvalue weighted by Gasteiger charge is -2.22. The van der Waals surface area contributed by atoms with Gasteiger partial charge in [0.05, 0.1) is 5.56 Å². The van der Waals surface area contributed by atoms with Gasteiger partial charge in [-0.3, -0.25) is 4.79 Å². The number of aromatic hydroxyl groups is 1. The maximum atomic E-state index is 11.9. The lowest BCUT2D eigenvalue weighted by molar-refractivity contribution is 0.0642. The van der Waals surface area contributed by atoms with Crippen molar-refractivity contribution >= 4 is 5.91 Å². The van der Waals surface area contributed by atoms with Crippen LogP contribution >= 0.6 is 0 Å². The van der Waals surface area contributed by atoms with E-state index >= 15 is 0 Å². The second-order valence-corrected chi connectivity index (χ2v) is 4.79. The van der Waals surface area contributed by atoms with E-state index in [4.69, 9.17) is 4.74 Å². The fraction of sp³-hybridized carbons (Fsp3) is 0.500. The van der Waals surface area contributed by atoms with Crippen LogP contribution in [-0.4, -0.2) is 30.8 Å². The van der Waals surface area contributed by atoms with Crippen LogP contribution in [0.3, 0.4) is 0 Å². The van der Waals surface area contributed by atoms with Crippen LogP contribution < -0.4 is 5.32 Å². The highest BCUT2D eigenvalue weighted by atomic mass is 16.5. The van der Waals surface area contributed by atoms with E-state index in [9.17, 15) is 9.90 Å². The summed E-state index contributed by atoms with van der Waals surface area (Å²) in [6, 6.07) is 5.08. The molecule has 1 amide bonds. The molecular weight excluding hydrogens is 230 g/mol. The normalized spacial score (nSPS) is 16.5. The molecule has 1 fully saturated rings. The van der Waals surface area contributed by atoms with Gasteiger partial charge in [-0.2, -0.15) is 0 Å². The van der Waals surface area contributed by atoms with Gasteiger partial charge < -0.3 is 15.2 Å². The number of phenolic OH excluding ortho intramolecular Hbond substituents is 1. The van der Waals surface area contributed by atoms with Crippen molar-refractivity contribution in [1.29, 1.82) is 0 Å². The zero-order chi connectivity index (χ0) is 13.0. The molecule has 0 aliphatic carbocycles. The van der Waals surface area contributed by atoms with Crippen molar-refractivity contribution in [3.05, 3.63) is 29.3 Å². The van der Waals surface area contributed by atoms with E-state index in [1.165, 1.54) is 0 Å². The van der Waals surface area contributed by atoms with Gasteiger partial charge in [0.1, 0.15) is 5.75 Å². The highest BCUT2D eigenvalue weighted by Crippen LogP contribution is 2.19. The van der Waals surface area contributed by atoms with Crippen LogP contribution in [0.5, 0.6) is 5.75 Å². The molecule has 18 heavy (non-hydrogen) atoms. The third kappa shape index (κ3) is 3.23. The van der Waals surface area contributed by atoms with E-state index in [2.05, 4.69) is 5.32 Å². The molecule has 98 valence electrons. The number of aryl methyl sites for hydroxylation is 1. The largest absolute Gasteiger partial charge is 0.507 e. The minimum atomic E-state index is -0.209. The molecule has 1 heterocycles. The van der Waals surface area contributed by atoms with Crippen molar-refractivity contribution in [3.63, 3.8) is 0 Å². The molecule has 2 N–H and O–H groups in total. The Hall–Kier alpha value is -1.55. The van der Waals surface area contributed by atoms with Gasteiger partial charge >= 0.3 is 0 Å². The van der Waals surface area contributed by atoms with E-state index in [0.29, 0.717) is 18.0 Å².